The number of carbonyl (C=O) groups is 2. The number of ketones is 1. The molecular weight excluding hydrogens is 500 g/mol. The minimum absolute atomic E-state index is 0.216. The molecule has 2 heterocycles. The number of aryl methyl sites for hydroxylation is 1. The molecule has 190 valence electrons. The van der Waals surface area contributed by atoms with Crippen LogP contribution in [0.5, 0.6) is 11.5 Å². The number of rotatable bonds is 8. The Morgan fingerprint density at radius 1 is 0.947 bits per heavy atom. The lowest BCUT2D eigenvalue weighted by molar-refractivity contribution is 0.0471. The third-order valence-corrected chi connectivity index (χ3v) is 7.47. The number of nitriles is 1. The average Bonchev–Trinajstić information content (AvgIpc) is 3.51. The van der Waals surface area contributed by atoms with Gasteiger partial charge in [0.2, 0.25) is 12.6 Å². The maximum atomic E-state index is 13.1. The molecule has 0 saturated heterocycles. The smallest absolute Gasteiger partial charge is 0.339 e. The summed E-state index contributed by atoms with van der Waals surface area (Å²) in [5.74, 6) is 0.567. The Labute approximate surface area is 224 Å². The van der Waals surface area contributed by atoms with E-state index in [0.29, 0.717) is 33.9 Å². The number of aromatic nitrogens is 1. The highest BCUT2D eigenvalue weighted by molar-refractivity contribution is 7.99. The van der Waals surface area contributed by atoms with Gasteiger partial charge in [0.25, 0.3) is 0 Å². The van der Waals surface area contributed by atoms with E-state index >= 15 is 0 Å². The van der Waals surface area contributed by atoms with Gasteiger partial charge in [-0.15, -0.1) is 0 Å². The number of esters is 1. The molecule has 0 unspecified atom stereocenters. The van der Waals surface area contributed by atoms with Crippen molar-refractivity contribution in [2.75, 3.05) is 13.4 Å². The van der Waals surface area contributed by atoms with Crippen LogP contribution < -0.4 is 9.47 Å². The summed E-state index contributed by atoms with van der Waals surface area (Å²) in [4.78, 5) is 27.4. The second-order valence-corrected chi connectivity index (χ2v) is 9.85. The molecule has 0 aliphatic carbocycles. The maximum absolute atomic E-state index is 13.1. The van der Waals surface area contributed by atoms with Crippen LogP contribution in [-0.2, 0) is 11.3 Å². The molecule has 3 aromatic carbocycles. The Bertz CT molecular complexity index is 1580. The fraction of sp³-hybridized carbons (Fsp3) is 0.167. The summed E-state index contributed by atoms with van der Waals surface area (Å²) < 4.78 is 18.4. The Morgan fingerprint density at radius 2 is 1.68 bits per heavy atom. The molecule has 4 aromatic rings. The zero-order chi connectivity index (χ0) is 26.6. The zero-order valence-electron chi connectivity index (χ0n) is 20.9. The number of benzene rings is 3. The molecule has 0 bridgehead atoms. The molecule has 0 atom stereocenters. The Balaban J connectivity index is 1.28. The van der Waals surface area contributed by atoms with Crippen LogP contribution in [0.1, 0.15) is 43.2 Å². The summed E-state index contributed by atoms with van der Waals surface area (Å²) in [6.07, 6.45) is 0. The molecule has 1 aromatic heterocycles. The number of carbonyl (C=O) groups excluding carboxylic acids is 2. The topological polar surface area (TPSA) is 90.6 Å². The van der Waals surface area contributed by atoms with Gasteiger partial charge in [-0.25, -0.2) is 4.79 Å². The Kier molecular flexibility index (Phi) is 7.20. The Morgan fingerprint density at radius 3 is 2.50 bits per heavy atom. The van der Waals surface area contributed by atoms with E-state index in [-0.39, 0.29) is 19.2 Å². The molecule has 0 saturated carbocycles. The Hall–Kier alpha value is -4.48. The van der Waals surface area contributed by atoms with Gasteiger partial charge in [0, 0.05) is 33.3 Å². The molecule has 38 heavy (non-hydrogen) atoms. The summed E-state index contributed by atoms with van der Waals surface area (Å²) in [5, 5.41) is 9.39. The number of ether oxygens (including phenoxy) is 3. The van der Waals surface area contributed by atoms with E-state index in [1.807, 2.05) is 60.9 Å². The number of fused-ring (bicyclic) bond motifs is 1. The second kappa shape index (κ2) is 10.9. The van der Waals surface area contributed by atoms with Crippen LogP contribution in [0.4, 0.5) is 0 Å². The monoisotopic (exact) mass is 524 g/mol. The van der Waals surface area contributed by atoms with Crippen LogP contribution in [0, 0.1) is 25.2 Å². The van der Waals surface area contributed by atoms with E-state index in [1.165, 1.54) is 11.8 Å². The van der Waals surface area contributed by atoms with Crippen molar-refractivity contribution in [1.29, 1.82) is 5.26 Å². The normalized spacial score (nSPS) is 11.7. The first-order valence-electron chi connectivity index (χ1n) is 12.0. The van der Waals surface area contributed by atoms with Gasteiger partial charge in [0.15, 0.2) is 18.1 Å². The molecule has 0 radical (unpaired) electrons. The van der Waals surface area contributed by atoms with Crippen LogP contribution in [0.3, 0.4) is 0 Å². The molecule has 0 N–H and O–H groups in total. The van der Waals surface area contributed by atoms with Gasteiger partial charge in [-0.1, -0.05) is 42.1 Å². The highest BCUT2D eigenvalue weighted by Gasteiger charge is 2.21. The van der Waals surface area contributed by atoms with Gasteiger partial charge in [-0.3, -0.25) is 4.79 Å². The van der Waals surface area contributed by atoms with Gasteiger partial charge in [0.05, 0.1) is 11.1 Å². The van der Waals surface area contributed by atoms with E-state index in [0.717, 1.165) is 27.6 Å². The first-order valence-corrected chi connectivity index (χ1v) is 12.8. The summed E-state index contributed by atoms with van der Waals surface area (Å²) >= 11 is 1.31. The summed E-state index contributed by atoms with van der Waals surface area (Å²) in [6.45, 7) is 4.23. The molecule has 7 nitrogen and oxygen atoms in total. The number of hydrogen-bond donors (Lipinski definition) is 0. The van der Waals surface area contributed by atoms with E-state index in [1.54, 1.807) is 30.3 Å². The largest absolute Gasteiger partial charge is 0.454 e. The fourth-order valence-electron chi connectivity index (χ4n) is 4.33. The molecule has 0 amide bonds. The fourth-order valence-corrected chi connectivity index (χ4v) is 5.34. The molecule has 1 aliphatic rings. The average molecular weight is 525 g/mol. The predicted molar refractivity (Wildman–Crippen MR) is 142 cm³/mol. The van der Waals surface area contributed by atoms with Crippen LogP contribution >= 0.6 is 11.8 Å². The van der Waals surface area contributed by atoms with Crippen molar-refractivity contribution < 1.29 is 23.8 Å². The van der Waals surface area contributed by atoms with Gasteiger partial charge >= 0.3 is 5.97 Å². The van der Waals surface area contributed by atoms with Crippen molar-refractivity contribution in [3.05, 3.63) is 106 Å². The van der Waals surface area contributed by atoms with Crippen molar-refractivity contribution in [3.63, 3.8) is 0 Å². The van der Waals surface area contributed by atoms with Crippen LogP contribution in [0.25, 0.3) is 0 Å². The number of hydrogen-bond acceptors (Lipinski definition) is 7. The minimum Gasteiger partial charge on any atom is -0.454 e. The number of Topliss-reactive ketones (excluding diaryl/α,β-unsaturated/α-hetero) is 1. The number of nitrogens with zero attached hydrogens (tertiary/aromatic N) is 2. The molecule has 8 heteroatoms. The summed E-state index contributed by atoms with van der Waals surface area (Å²) in [5.41, 5.74) is 4.12. The molecule has 5 rings (SSSR count). The van der Waals surface area contributed by atoms with Gasteiger partial charge in [-0.05, 0) is 61.9 Å². The van der Waals surface area contributed by atoms with Crippen LogP contribution in [0.15, 0.2) is 82.6 Å². The zero-order valence-corrected chi connectivity index (χ0v) is 21.7. The highest BCUT2D eigenvalue weighted by Crippen LogP contribution is 2.34. The van der Waals surface area contributed by atoms with E-state index < -0.39 is 5.97 Å². The van der Waals surface area contributed by atoms with Crippen molar-refractivity contribution in [1.82, 2.24) is 4.57 Å². The molecule has 1 aliphatic heterocycles. The van der Waals surface area contributed by atoms with Crippen molar-refractivity contribution >= 4 is 23.5 Å². The standard InChI is InChI=1S/C30H24N2O5S/c1-19-13-24(20(2)32(19)16-21-11-12-26-27(14-21)37-18-36-26)25(33)17-35-30(34)23-8-4-6-10-29(23)38-28-9-5-3-7-22(28)15-31/h3-14H,16-18H2,1-2H3. The highest BCUT2D eigenvalue weighted by atomic mass is 32.2. The first-order chi connectivity index (χ1) is 18.4. The molecule has 0 fully saturated rings. The third kappa shape index (κ3) is 5.15. The quantitative estimate of drug-likeness (QED) is 0.208. The van der Waals surface area contributed by atoms with Crippen LogP contribution in [-0.4, -0.2) is 29.7 Å². The van der Waals surface area contributed by atoms with E-state index in [4.69, 9.17) is 14.2 Å². The van der Waals surface area contributed by atoms with E-state index in [2.05, 4.69) is 6.07 Å². The van der Waals surface area contributed by atoms with Gasteiger partial charge in [0.1, 0.15) is 6.07 Å². The van der Waals surface area contributed by atoms with Crippen molar-refractivity contribution in [2.24, 2.45) is 0 Å². The summed E-state index contributed by atoms with van der Waals surface area (Å²) in [7, 11) is 0. The lowest BCUT2D eigenvalue weighted by Crippen LogP contribution is -2.15. The minimum atomic E-state index is -0.593. The maximum Gasteiger partial charge on any atom is 0.339 e. The van der Waals surface area contributed by atoms with Gasteiger partial charge < -0.3 is 18.8 Å². The van der Waals surface area contributed by atoms with E-state index in [9.17, 15) is 14.9 Å². The molecule has 0 spiro atoms. The van der Waals surface area contributed by atoms with Crippen LogP contribution in [0.2, 0.25) is 0 Å². The molecular formula is C30H24N2O5S. The predicted octanol–water partition coefficient (Wildman–Crippen LogP) is 5.94. The SMILES string of the molecule is Cc1cc(C(=O)COC(=O)c2ccccc2Sc2ccccc2C#N)c(C)n1Cc1ccc2c(c1)OCO2. The lowest BCUT2D eigenvalue weighted by atomic mass is 10.1. The first kappa shape index (κ1) is 25.2. The lowest BCUT2D eigenvalue weighted by Gasteiger charge is -2.11. The summed E-state index contributed by atoms with van der Waals surface area (Å²) in [6, 6.07) is 24.0. The second-order valence-electron chi connectivity index (χ2n) is 8.76. The van der Waals surface area contributed by atoms with Crippen molar-refractivity contribution in [3.8, 4) is 17.6 Å². The van der Waals surface area contributed by atoms with Crippen molar-refractivity contribution in [2.45, 2.75) is 30.2 Å². The van der Waals surface area contributed by atoms with Gasteiger partial charge in [-0.2, -0.15) is 5.26 Å². The third-order valence-electron chi connectivity index (χ3n) is 6.32.